The molecule has 1 aromatic carbocycles. The van der Waals surface area contributed by atoms with Gasteiger partial charge in [-0.05, 0) is 43.5 Å². The molecule has 0 radical (unpaired) electrons. The number of hydrogen-bond donors (Lipinski definition) is 2. The van der Waals surface area contributed by atoms with E-state index in [0.29, 0.717) is 11.3 Å². The largest absolute Gasteiger partial charge is 0.398 e. The molecule has 0 bridgehead atoms. The average Bonchev–Trinajstić information content (AvgIpc) is 2.42. The average molecular weight is 275 g/mol. The van der Waals surface area contributed by atoms with Crippen LogP contribution in [0.4, 0.5) is 5.69 Å². The molecule has 2 rings (SSSR count). The summed E-state index contributed by atoms with van der Waals surface area (Å²) in [4.78, 5) is 13.4. The quantitative estimate of drug-likeness (QED) is 0.810. The van der Waals surface area contributed by atoms with Gasteiger partial charge in [0.15, 0.2) is 0 Å². The number of primary amides is 1. The van der Waals surface area contributed by atoms with E-state index in [4.69, 9.17) is 11.5 Å². The molecular weight excluding hydrogens is 250 g/mol. The minimum Gasteiger partial charge on any atom is -0.398 e. The number of rotatable bonds is 5. The fraction of sp³-hybridized carbons (Fsp3) is 0.562. The first kappa shape index (κ1) is 14.9. The van der Waals surface area contributed by atoms with E-state index in [2.05, 4.69) is 11.9 Å². The van der Waals surface area contributed by atoms with Gasteiger partial charge in [-0.25, -0.2) is 0 Å². The second-order valence-corrected chi connectivity index (χ2v) is 5.98. The van der Waals surface area contributed by atoms with E-state index in [0.717, 1.165) is 24.6 Å². The highest BCUT2D eigenvalue weighted by atomic mass is 16.1. The van der Waals surface area contributed by atoms with Crippen LogP contribution in [0.5, 0.6) is 0 Å². The smallest absolute Gasteiger partial charge is 0.248 e. The third-order valence-electron chi connectivity index (χ3n) is 4.17. The minimum absolute atomic E-state index is 0.432. The summed E-state index contributed by atoms with van der Waals surface area (Å²) < 4.78 is 0. The summed E-state index contributed by atoms with van der Waals surface area (Å²) in [5, 5.41) is 0. The van der Waals surface area contributed by atoms with Gasteiger partial charge in [-0.2, -0.15) is 0 Å². The topological polar surface area (TPSA) is 72.3 Å². The predicted octanol–water partition coefficient (Wildman–Crippen LogP) is 2.38. The number of hydrogen-bond acceptors (Lipinski definition) is 3. The highest BCUT2D eigenvalue weighted by Gasteiger charge is 2.16. The van der Waals surface area contributed by atoms with Crippen molar-refractivity contribution in [3.8, 4) is 0 Å². The number of carbonyl (C=O) groups excluding carboxylic acids is 1. The Bertz CT molecular complexity index is 467. The number of nitrogen functional groups attached to an aromatic ring is 1. The number of anilines is 1. The molecule has 0 atom stereocenters. The molecular formula is C16H25N3O. The van der Waals surface area contributed by atoms with Crippen molar-refractivity contribution in [1.82, 2.24) is 4.90 Å². The van der Waals surface area contributed by atoms with Gasteiger partial charge in [0.05, 0.1) is 0 Å². The minimum atomic E-state index is -0.432. The summed E-state index contributed by atoms with van der Waals surface area (Å²) >= 11 is 0. The molecule has 0 aliphatic heterocycles. The second kappa shape index (κ2) is 6.75. The zero-order valence-corrected chi connectivity index (χ0v) is 12.3. The molecule has 4 N–H and O–H groups in total. The van der Waals surface area contributed by atoms with Crippen molar-refractivity contribution in [1.29, 1.82) is 0 Å². The maximum Gasteiger partial charge on any atom is 0.248 e. The van der Waals surface area contributed by atoms with Crippen LogP contribution in [0.15, 0.2) is 18.2 Å². The fourth-order valence-electron chi connectivity index (χ4n) is 3.06. The summed E-state index contributed by atoms with van der Waals surface area (Å²) in [5.41, 5.74) is 13.4. The van der Waals surface area contributed by atoms with Crippen molar-refractivity contribution in [2.45, 2.75) is 38.6 Å². The highest BCUT2D eigenvalue weighted by Crippen LogP contribution is 2.25. The maximum atomic E-state index is 11.1. The van der Waals surface area contributed by atoms with Gasteiger partial charge < -0.3 is 16.4 Å². The number of benzene rings is 1. The van der Waals surface area contributed by atoms with E-state index in [1.165, 1.54) is 32.1 Å². The van der Waals surface area contributed by atoms with Gasteiger partial charge in [0, 0.05) is 24.3 Å². The molecule has 1 aromatic rings. The molecule has 1 saturated carbocycles. The first-order valence-electron chi connectivity index (χ1n) is 7.43. The van der Waals surface area contributed by atoms with Gasteiger partial charge in [0.25, 0.3) is 0 Å². The lowest BCUT2D eigenvalue weighted by atomic mass is 9.89. The Kier molecular flexibility index (Phi) is 5.01. The first-order valence-corrected chi connectivity index (χ1v) is 7.43. The summed E-state index contributed by atoms with van der Waals surface area (Å²) in [5.74, 6) is 0.388. The zero-order valence-electron chi connectivity index (χ0n) is 12.3. The van der Waals surface area contributed by atoms with Gasteiger partial charge in [0.1, 0.15) is 0 Å². The molecule has 0 heterocycles. The van der Waals surface area contributed by atoms with Crippen LogP contribution < -0.4 is 11.5 Å². The van der Waals surface area contributed by atoms with E-state index >= 15 is 0 Å². The summed E-state index contributed by atoms with van der Waals surface area (Å²) in [6.07, 6.45) is 6.82. The molecule has 110 valence electrons. The molecule has 0 aromatic heterocycles. The van der Waals surface area contributed by atoms with Crippen LogP contribution in [0.1, 0.15) is 48.0 Å². The van der Waals surface area contributed by atoms with Crippen LogP contribution >= 0.6 is 0 Å². The van der Waals surface area contributed by atoms with Crippen molar-refractivity contribution in [3.05, 3.63) is 29.3 Å². The number of carbonyl (C=O) groups is 1. The fourth-order valence-corrected chi connectivity index (χ4v) is 3.06. The van der Waals surface area contributed by atoms with Crippen LogP contribution in [0.3, 0.4) is 0 Å². The maximum absolute atomic E-state index is 11.1. The molecule has 0 spiro atoms. The SMILES string of the molecule is CN(Cc1ccc(C(N)=O)cc1N)CC1CCCCC1. The third kappa shape index (κ3) is 3.97. The van der Waals surface area contributed by atoms with Crippen LogP contribution in [0, 0.1) is 5.92 Å². The second-order valence-electron chi connectivity index (χ2n) is 5.98. The van der Waals surface area contributed by atoms with Gasteiger partial charge in [-0.1, -0.05) is 25.3 Å². The van der Waals surface area contributed by atoms with Crippen molar-refractivity contribution in [2.75, 3.05) is 19.3 Å². The van der Waals surface area contributed by atoms with E-state index in [1.807, 2.05) is 6.07 Å². The number of amides is 1. The van der Waals surface area contributed by atoms with Gasteiger partial charge in [-0.15, -0.1) is 0 Å². The Balaban J connectivity index is 1.93. The lowest BCUT2D eigenvalue weighted by Crippen LogP contribution is -2.27. The van der Waals surface area contributed by atoms with Crippen LogP contribution in [0.25, 0.3) is 0 Å². The lowest BCUT2D eigenvalue weighted by Gasteiger charge is -2.27. The Labute approximate surface area is 121 Å². The van der Waals surface area contributed by atoms with E-state index in [-0.39, 0.29) is 0 Å². The Morgan fingerprint density at radius 3 is 2.60 bits per heavy atom. The van der Waals surface area contributed by atoms with Gasteiger partial charge in [0.2, 0.25) is 5.91 Å². The molecule has 1 fully saturated rings. The molecule has 20 heavy (non-hydrogen) atoms. The Morgan fingerprint density at radius 1 is 1.30 bits per heavy atom. The standard InChI is InChI=1S/C16H25N3O/c1-19(10-12-5-3-2-4-6-12)11-14-8-7-13(16(18)20)9-15(14)17/h7-9,12H,2-6,10-11,17H2,1H3,(H2,18,20). The van der Waals surface area contributed by atoms with Crippen molar-refractivity contribution >= 4 is 11.6 Å². The number of nitrogens with two attached hydrogens (primary N) is 2. The monoisotopic (exact) mass is 275 g/mol. The molecule has 1 aliphatic carbocycles. The third-order valence-corrected chi connectivity index (χ3v) is 4.17. The molecule has 1 amide bonds. The lowest BCUT2D eigenvalue weighted by molar-refractivity contribution is 0.100. The first-order chi connectivity index (χ1) is 9.56. The number of nitrogens with zero attached hydrogens (tertiary/aromatic N) is 1. The Morgan fingerprint density at radius 2 is 2.00 bits per heavy atom. The normalized spacial score (nSPS) is 16.5. The molecule has 0 saturated heterocycles. The summed E-state index contributed by atoms with van der Waals surface area (Å²) in [7, 11) is 2.13. The van der Waals surface area contributed by atoms with Crippen molar-refractivity contribution < 1.29 is 4.79 Å². The van der Waals surface area contributed by atoms with Crippen molar-refractivity contribution in [3.63, 3.8) is 0 Å². The van der Waals surface area contributed by atoms with Crippen molar-refractivity contribution in [2.24, 2.45) is 11.7 Å². The molecule has 1 aliphatic rings. The summed E-state index contributed by atoms with van der Waals surface area (Å²) in [6.45, 7) is 1.94. The van der Waals surface area contributed by atoms with Crippen LogP contribution in [0.2, 0.25) is 0 Å². The zero-order chi connectivity index (χ0) is 14.5. The summed E-state index contributed by atoms with van der Waals surface area (Å²) in [6, 6.07) is 5.33. The van der Waals surface area contributed by atoms with Crippen LogP contribution in [-0.4, -0.2) is 24.4 Å². The van der Waals surface area contributed by atoms with Gasteiger partial charge in [-0.3, -0.25) is 4.79 Å². The molecule has 4 nitrogen and oxygen atoms in total. The van der Waals surface area contributed by atoms with E-state index < -0.39 is 5.91 Å². The molecule has 0 unspecified atom stereocenters. The Hall–Kier alpha value is -1.55. The van der Waals surface area contributed by atoms with E-state index in [9.17, 15) is 4.79 Å². The predicted molar refractivity (Wildman–Crippen MR) is 82.3 cm³/mol. The molecule has 4 heteroatoms. The highest BCUT2D eigenvalue weighted by molar-refractivity contribution is 5.93. The van der Waals surface area contributed by atoms with E-state index in [1.54, 1.807) is 12.1 Å². The van der Waals surface area contributed by atoms with Crippen LogP contribution in [-0.2, 0) is 6.54 Å². The van der Waals surface area contributed by atoms with Gasteiger partial charge >= 0.3 is 0 Å².